The van der Waals surface area contributed by atoms with E-state index in [0.29, 0.717) is 34.8 Å². The number of aromatic nitrogens is 1. The molecular formula is C24H26ClN3O5S3. The Morgan fingerprint density at radius 2 is 1.97 bits per heavy atom. The van der Waals surface area contributed by atoms with E-state index in [4.69, 9.17) is 16.3 Å². The van der Waals surface area contributed by atoms with Crippen molar-refractivity contribution >= 4 is 66.8 Å². The first-order chi connectivity index (χ1) is 17.3. The Hall–Kier alpha value is -2.18. The summed E-state index contributed by atoms with van der Waals surface area (Å²) in [5.74, 6) is -0.111. The maximum Gasteiger partial charge on any atom is 0.338 e. The summed E-state index contributed by atoms with van der Waals surface area (Å²) in [6, 6.07) is 10.3. The molecular weight excluding hydrogens is 542 g/mol. The van der Waals surface area contributed by atoms with Crippen LogP contribution in [0.5, 0.6) is 0 Å². The smallest absolute Gasteiger partial charge is 0.338 e. The van der Waals surface area contributed by atoms with Gasteiger partial charge < -0.3 is 9.30 Å². The molecule has 1 saturated heterocycles. The van der Waals surface area contributed by atoms with E-state index in [2.05, 4.69) is 4.99 Å². The van der Waals surface area contributed by atoms with Gasteiger partial charge in [-0.25, -0.2) is 13.2 Å². The van der Waals surface area contributed by atoms with Gasteiger partial charge in [0.15, 0.2) is 4.80 Å². The molecule has 1 aliphatic heterocycles. The lowest BCUT2D eigenvalue weighted by Crippen LogP contribution is -2.40. The second-order valence-corrected chi connectivity index (χ2v) is 12.4. The zero-order valence-electron chi connectivity index (χ0n) is 19.8. The molecule has 2 heterocycles. The van der Waals surface area contributed by atoms with Crippen LogP contribution in [0.4, 0.5) is 0 Å². The van der Waals surface area contributed by atoms with Crippen molar-refractivity contribution in [2.75, 3.05) is 25.2 Å². The summed E-state index contributed by atoms with van der Waals surface area (Å²) in [5.41, 5.74) is 1.28. The largest absolute Gasteiger partial charge is 0.462 e. The average molecular weight is 568 g/mol. The first-order valence-electron chi connectivity index (χ1n) is 11.4. The fraction of sp³-hybridized carbons (Fsp3) is 0.375. The maximum atomic E-state index is 13.3. The van der Waals surface area contributed by atoms with Gasteiger partial charge in [0.1, 0.15) is 6.04 Å². The number of carbonyl (C=O) groups excluding carboxylic acids is 2. The van der Waals surface area contributed by atoms with Crippen molar-refractivity contribution in [3.8, 4) is 0 Å². The minimum atomic E-state index is -3.88. The van der Waals surface area contributed by atoms with E-state index < -0.39 is 27.9 Å². The number of nitrogens with zero attached hydrogens (tertiary/aromatic N) is 3. The Kier molecular flexibility index (Phi) is 8.56. The number of sulfonamides is 1. The Labute approximate surface area is 223 Å². The number of rotatable bonds is 8. The number of thiazole rings is 1. The Morgan fingerprint density at radius 3 is 2.67 bits per heavy atom. The number of ether oxygens (including phenoxy) is 1. The lowest BCUT2D eigenvalue weighted by atomic mass is 10.2. The maximum absolute atomic E-state index is 13.3. The highest BCUT2D eigenvalue weighted by atomic mass is 35.5. The van der Waals surface area contributed by atoms with Gasteiger partial charge in [0.2, 0.25) is 10.0 Å². The third kappa shape index (κ3) is 5.55. The molecule has 0 saturated carbocycles. The van der Waals surface area contributed by atoms with Crippen LogP contribution in [0.2, 0.25) is 5.02 Å². The van der Waals surface area contributed by atoms with Gasteiger partial charge in [-0.2, -0.15) is 21.1 Å². The molecule has 3 aromatic rings. The van der Waals surface area contributed by atoms with Gasteiger partial charge in [-0.05, 0) is 68.5 Å². The molecule has 1 unspecified atom stereocenters. The normalized spacial score (nSPS) is 17.1. The first kappa shape index (κ1) is 26.9. The standard InChI is InChI=1S/C24H26ClN3O5S3/c1-3-33-23(30)16-6-11-19-21(15-16)35-24(27(19)13-14-34-2)26-22(29)20-5-4-12-28(20)36(31,32)18-9-7-17(25)8-10-18/h6-11,15,20H,3-5,12-14H2,1-2H3. The molecule has 0 bridgehead atoms. The zero-order valence-corrected chi connectivity index (χ0v) is 23.1. The van der Waals surface area contributed by atoms with Crippen LogP contribution in [0.1, 0.15) is 30.1 Å². The Bertz CT molecular complexity index is 1450. The van der Waals surface area contributed by atoms with Crippen LogP contribution < -0.4 is 4.80 Å². The quantitative estimate of drug-likeness (QED) is 0.379. The second kappa shape index (κ2) is 11.5. The molecule has 1 atom stereocenters. The molecule has 0 aliphatic carbocycles. The molecule has 192 valence electrons. The van der Waals surface area contributed by atoms with Gasteiger partial charge in [0.05, 0.1) is 27.3 Å². The van der Waals surface area contributed by atoms with Crippen LogP contribution in [0.3, 0.4) is 0 Å². The Morgan fingerprint density at radius 1 is 1.22 bits per heavy atom. The van der Waals surface area contributed by atoms with Crippen LogP contribution in [-0.2, 0) is 26.1 Å². The molecule has 0 radical (unpaired) electrons. The van der Waals surface area contributed by atoms with Crippen molar-refractivity contribution in [1.82, 2.24) is 8.87 Å². The number of aryl methyl sites for hydroxylation is 1. The van der Waals surface area contributed by atoms with Crippen LogP contribution >= 0.6 is 34.7 Å². The van der Waals surface area contributed by atoms with Gasteiger partial charge in [-0.15, -0.1) is 0 Å². The summed E-state index contributed by atoms with van der Waals surface area (Å²) in [7, 11) is -3.88. The van der Waals surface area contributed by atoms with E-state index in [-0.39, 0.29) is 18.0 Å². The SMILES string of the molecule is CCOC(=O)c1ccc2c(c1)sc(=NC(=O)C1CCCN1S(=O)(=O)c1ccc(Cl)cc1)n2CCSC. The van der Waals surface area contributed by atoms with E-state index in [0.717, 1.165) is 16.0 Å². The molecule has 2 aromatic carbocycles. The molecule has 1 aromatic heterocycles. The number of benzene rings is 2. The van der Waals surface area contributed by atoms with E-state index in [1.165, 1.54) is 39.9 Å². The predicted octanol–water partition coefficient (Wildman–Crippen LogP) is 4.18. The fourth-order valence-electron chi connectivity index (χ4n) is 4.08. The number of amides is 1. The van der Waals surface area contributed by atoms with Crippen LogP contribution in [0.25, 0.3) is 10.2 Å². The summed E-state index contributed by atoms with van der Waals surface area (Å²) >= 11 is 8.87. The highest BCUT2D eigenvalue weighted by Crippen LogP contribution is 2.28. The van der Waals surface area contributed by atoms with Crippen molar-refractivity contribution < 1.29 is 22.7 Å². The van der Waals surface area contributed by atoms with E-state index in [9.17, 15) is 18.0 Å². The molecule has 0 N–H and O–H groups in total. The third-order valence-electron chi connectivity index (χ3n) is 5.83. The van der Waals surface area contributed by atoms with Crippen molar-refractivity contribution in [2.24, 2.45) is 4.99 Å². The molecule has 4 rings (SSSR count). The first-order valence-corrected chi connectivity index (χ1v) is 15.4. The van der Waals surface area contributed by atoms with Gasteiger partial charge in [0, 0.05) is 23.9 Å². The topological polar surface area (TPSA) is 98.0 Å². The average Bonchev–Trinajstić information content (AvgIpc) is 3.48. The number of carbonyl (C=O) groups is 2. The lowest BCUT2D eigenvalue weighted by molar-refractivity contribution is -0.121. The highest BCUT2D eigenvalue weighted by molar-refractivity contribution is 7.98. The van der Waals surface area contributed by atoms with E-state index in [1.54, 1.807) is 30.8 Å². The van der Waals surface area contributed by atoms with E-state index >= 15 is 0 Å². The van der Waals surface area contributed by atoms with Gasteiger partial charge >= 0.3 is 5.97 Å². The second-order valence-electron chi connectivity index (χ2n) is 8.11. The van der Waals surface area contributed by atoms with Gasteiger partial charge in [0.25, 0.3) is 5.91 Å². The number of hydrogen-bond acceptors (Lipinski definition) is 7. The number of fused-ring (bicyclic) bond motifs is 1. The monoisotopic (exact) mass is 567 g/mol. The molecule has 1 aliphatic rings. The number of halogens is 1. The van der Waals surface area contributed by atoms with Crippen molar-refractivity contribution in [2.45, 2.75) is 37.2 Å². The minimum Gasteiger partial charge on any atom is -0.462 e. The molecule has 8 nitrogen and oxygen atoms in total. The van der Waals surface area contributed by atoms with E-state index in [1.807, 2.05) is 16.9 Å². The number of hydrogen-bond donors (Lipinski definition) is 0. The highest BCUT2D eigenvalue weighted by Gasteiger charge is 2.39. The van der Waals surface area contributed by atoms with Crippen molar-refractivity contribution in [1.29, 1.82) is 0 Å². The molecule has 36 heavy (non-hydrogen) atoms. The zero-order chi connectivity index (χ0) is 25.9. The van der Waals surface area contributed by atoms with Crippen LogP contribution in [0.15, 0.2) is 52.4 Å². The van der Waals surface area contributed by atoms with Crippen molar-refractivity contribution in [3.63, 3.8) is 0 Å². The van der Waals surface area contributed by atoms with Crippen LogP contribution in [0, 0.1) is 0 Å². The number of thioether (sulfide) groups is 1. The summed E-state index contributed by atoms with van der Waals surface area (Å²) in [6.07, 6.45) is 2.96. The third-order valence-corrected chi connectivity index (χ3v) is 9.63. The summed E-state index contributed by atoms with van der Waals surface area (Å²) < 4.78 is 35.6. The number of esters is 1. The van der Waals surface area contributed by atoms with Gasteiger partial charge in [-0.1, -0.05) is 22.9 Å². The summed E-state index contributed by atoms with van der Waals surface area (Å²) in [6.45, 7) is 2.89. The van der Waals surface area contributed by atoms with Crippen LogP contribution in [-0.4, -0.2) is 60.4 Å². The summed E-state index contributed by atoms with van der Waals surface area (Å²) in [5, 5.41) is 0.434. The molecule has 1 amide bonds. The molecule has 12 heteroatoms. The van der Waals surface area contributed by atoms with Crippen molar-refractivity contribution in [3.05, 3.63) is 57.9 Å². The predicted molar refractivity (Wildman–Crippen MR) is 143 cm³/mol. The molecule has 1 fully saturated rings. The molecule has 0 spiro atoms. The lowest BCUT2D eigenvalue weighted by Gasteiger charge is -2.21. The Balaban J connectivity index is 1.71. The van der Waals surface area contributed by atoms with Gasteiger partial charge in [-0.3, -0.25) is 4.79 Å². The fourth-order valence-corrected chi connectivity index (χ4v) is 7.33. The summed E-state index contributed by atoms with van der Waals surface area (Å²) in [4.78, 5) is 30.5. The minimum absolute atomic E-state index is 0.0926.